The Bertz CT molecular complexity index is 1610. The summed E-state index contributed by atoms with van der Waals surface area (Å²) in [6.45, 7) is 0.600. The zero-order valence-corrected chi connectivity index (χ0v) is 21.6. The molecule has 0 bridgehead atoms. The number of aromatic nitrogens is 3. The van der Waals surface area contributed by atoms with Gasteiger partial charge in [0.05, 0.1) is 11.3 Å². The molecule has 1 aliphatic heterocycles. The number of carbonyl (C=O) groups is 1. The Labute approximate surface area is 232 Å². The highest BCUT2D eigenvalue weighted by Crippen LogP contribution is 2.33. The largest absolute Gasteiger partial charge is 0.419 e. The van der Waals surface area contributed by atoms with E-state index in [9.17, 15) is 22.4 Å². The minimum Gasteiger partial charge on any atom is -0.366 e. The fourth-order valence-corrected chi connectivity index (χ4v) is 4.32. The van der Waals surface area contributed by atoms with Crippen molar-refractivity contribution in [3.63, 3.8) is 0 Å². The first-order valence-electron chi connectivity index (χ1n) is 12.7. The summed E-state index contributed by atoms with van der Waals surface area (Å²) >= 11 is 0. The third kappa shape index (κ3) is 7.15. The quantitative estimate of drug-likeness (QED) is 0.296. The minimum absolute atomic E-state index is 0.0691. The van der Waals surface area contributed by atoms with Crippen LogP contribution in [0.25, 0.3) is 5.65 Å². The predicted molar refractivity (Wildman–Crippen MR) is 149 cm³/mol. The average Bonchev–Trinajstić information content (AvgIpc) is 3.11. The van der Waals surface area contributed by atoms with Gasteiger partial charge in [0, 0.05) is 67.7 Å². The maximum atomic E-state index is 13.8. The Morgan fingerprint density at radius 1 is 1.17 bits per heavy atom. The van der Waals surface area contributed by atoms with Crippen molar-refractivity contribution in [2.24, 2.45) is 10.9 Å². The Morgan fingerprint density at radius 2 is 2.05 bits per heavy atom. The van der Waals surface area contributed by atoms with Gasteiger partial charge in [-0.2, -0.15) is 13.2 Å². The van der Waals surface area contributed by atoms with E-state index < -0.39 is 23.6 Å². The van der Waals surface area contributed by atoms with Crippen LogP contribution in [-0.2, 0) is 6.42 Å². The van der Waals surface area contributed by atoms with E-state index in [0.29, 0.717) is 36.2 Å². The molecular formula is C29H25F4N7O. The van der Waals surface area contributed by atoms with Crippen molar-refractivity contribution in [2.45, 2.75) is 19.0 Å². The normalized spacial score (nSPS) is 16.9. The van der Waals surface area contributed by atoms with Crippen molar-refractivity contribution in [2.75, 3.05) is 17.2 Å². The van der Waals surface area contributed by atoms with E-state index in [-0.39, 0.29) is 18.0 Å². The van der Waals surface area contributed by atoms with Gasteiger partial charge in [0.2, 0.25) is 0 Å². The second-order valence-electron chi connectivity index (χ2n) is 9.30. The summed E-state index contributed by atoms with van der Waals surface area (Å²) in [6.07, 6.45) is 12.8. The van der Waals surface area contributed by atoms with Gasteiger partial charge in [-0.15, -0.1) is 0 Å². The van der Waals surface area contributed by atoms with Crippen molar-refractivity contribution in [3.8, 4) is 0 Å². The molecule has 1 aromatic carbocycles. The number of imidazole rings is 1. The first kappa shape index (κ1) is 27.6. The summed E-state index contributed by atoms with van der Waals surface area (Å²) in [5, 5.41) is 8.37. The number of anilines is 2. The lowest BCUT2D eigenvalue weighted by Crippen LogP contribution is -2.28. The molecule has 0 radical (unpaired) electrons. The van der Waals surface area contributed by atoms with Gasteiger partial charge in [-0.25, -0.2) is 19.2 Å². The molecule has 0 saturated heterocycles. The summed E-state index contributed by atoms with van der Waals surface area (Å²) in [6, 6.07) is 6.28. The number of hydrogen-bond acceptors (Lipinski definition) is 5. The Kier molecular flexibility index (Phi) is 8.09. The van der Waals surface area contributed by atoms with Crippen LogP contribution in [0.15, 0.2) is 108 Å². The van der Waals surface area contributed by atoms with Gasteiger partial charge < -0.3 is 20.4 Å². The van der Waals surface area contributed by atoms with E-state index in [0.717, 1.165) is 17.3 Å². The first-order chi connectivity index (χ1) is 19.7. The van der Waals surface area contributed by atoms with E-state index in [1.807, 2.05) is 41.1 Å². The van der Waals surface area contributed by atoms with Crippen LogP contribution in [-0.4, -0.2) is 39.3 Å². The average molecular weight is 564 g/mol. The number of hydrogen-bond donors (Lipinski definition) is 3. The lowest BCUT2D eigenvalue weighted by Gasteiger charge is -2.13. The molecule has 2 amide bonds. The van der Waals surface area contributed by atoms with Crippen LogP contribution in [0.2, 0.25) is 0 Å². The highest BCUT2D eigenvalue weighted by atomic mass is 19.4. The maximum Gasteiger partial charge on any atom is 0.419 e. The number of nitrogens with one attached hydrogen (secondary N) is 3. The molecule has 0 fully saturated rings. The van der Waals surface area contributed by atoms with E-state index >= 15 is 0 Å². The number of carbonyl (C=O) groups excluding carboxylic acids is 1. The maximum absolute atomic E-state index is 13.8. The van der Waals surface area contributed by atoms with Crippen LogP contribution in [0.5, 0.6) is 0 Å². The molecule has 1 aliphatic carbocycles. The number of nitrogens with zero attached hydrogens (tertiary/aromatic N) is 4. The molecule has 2 aliphatic rings. The standard InChI is InChI=1S/C29H25F4N7O/c30-25-8-2-7-22(16-24(25)29(31,32)33)39-28(41)38-21-6-1-4-20(14-21)15-23-18-40-13-12-35-27(40)26(37-23)36-17-19-5-3-10-34-11-9-19/h1-6,8-14,16,18-19H,7,15,17H2,(H,36,37)(H2,38,39,41). The minimum atomic E-state index is -4.89. The number of aliphatic imine (C=N–C) groups is 1. The van der Waals surface area contributed by atoms with Gasteiger partial charge in [-0.3, -0.25) is 4.99 Å². The topological polar surface area (TPSA) is 95.7 Å². The summed E-state index contributed by atoms with van der Waals surface area (Å²) in [5.74, 6) is -0.648. The first-order valence-corrected chi connectivity index (χ1v) is 12.7. The highest BCUT2D eigenvalue weighted by molar-refractivity contribution is 5.90. The molecule has 1 unspecified atom stereocenters. The van der Waals surface area contributed by atoms with Crippen LogP contribution in [0.3, 0.4) is 0 Å². The summed E-state index contributed by atoms with van der Waals surface area (Å²) in [7, 11) is 0. The van der Waals surface area contributed by atoms with E-state index in [4.69, 9.17) is 4.98 Å². The SMILES string of the molecule is O=C(NC1=CC(C(F)(F)F)=C(F)C=CC1)Nc1cccc(Cc2cn3ccnc3c(NCC3C=CC=NC=C3)n2)c1. The molecule has 41 heavy (non-hydrogen) atoms. The highest BCUT2D eigenvalue weighted by Gasteiger charge is 2.36. The van der Waals surface area contributed by atoms with Gasteiger partial charge in [0.1, 0.15) is 5.83 Å². The van der Waals surface area contributed by atoms with Crippen LogP contribution in [0.1, 0.15) is 17.7 Å². The number of alkyl halides is 3. The fraction of sp³-hybridized carbons (Fsp3) is 0.172. The van der Waals surface area contributed by atoms with Gasteiger partial charge in [-0.05, 0) is 35.9 Å². The molecule has 0 saturated carbocycles. The molecule has 3 N–H and O–H groups in total. The molecule has 1 atom stereocenters. The zero-order valence-electron chi connectivity index (χ0n) is 21.6. The summed E-state index contributed by atoms with van der Waals surface area (Å²) in [5.41, 5.74) is 1.17. The third-order valence-electron chi connectivity index (χ3n) is 6.21. The van der Waals surface area contributed by atoms with Crippen molar-refractivity contribution in [1.29, 1.82) is 0 Å². The fourth-order valence-electron chi connectivity index (χ4n) is 4.32. The predicted octanol–water partition coefficient (Wildman–Crippen LogP) is 6.25. The van der Waals surface area contributed by atoms with Gasteiger partial charge >= 0.3 is 12.2 Å². The molecule has 0 spiro atoms. The number of halogens is 4. The number of allylic oxidation sites excluding steroid dienone is 6. The monoisotopic (exact) mass is 563 g/mol. The molecule has 210 valence electrons. The van der Waals surface area contributed by atoms with Crippen LogP contribution < -0.4 is 16.0 Å². The molecule has 3 aromatic rings. The smallest absolute Gasteiger partial charge is 0.366 e. The lowest BCUT2D eigenvalue weighted by atomic mass is 10.1. The van der Waals surface area contributed by atoms with Crippen LogP contribution in [0.4, 0.5) is 33.9 Å². The molecule has 3 heterocycles. The van der Waals surface area contributed by atoms with Crippen LogP contribution >= 0.6 is 0 Å². The van der Waals surface area contributed by atoms with Crippen LogP contribution in [0, 0.1) is 5.92 Å². The van der Waals surface area contributed by atoms with E-state index in [1.165, 1.54) is 6.08 Å². The number of rotatable bonds is 7. The van der Waals surface area contributed by atoms with Crippen molar-refractivity contribution < 1.29 is 22.4 Å². The molecule has 12 heteroatoms. The number of benzene rings is 1. The van der Waals surface area contributed by atoms with E-state index in [2.05, 4.69) is 25.9 Å². The number of urea groups is 1. The molecule has 8 nitrogen and oxygen atoms in total. The van der Waals surface area contributed by atoms with Gasteiger partial charge in [-0.1, -0.05) is 30.4 Å². The third-order valence-corrected chi connectivity index (χ3v) is 6.21. The second kappa shape index (κ2) is 12.0. The Balaban J connectivity index is 1.27. The Morgan fingerprint density at radius 3 is 2.90 bits per heavy atom. The molecule has 2 aromatic heterocycles. The van der Waals surface area contributed by atoms with Crippen molar-refractivity contribution in [1.82, 2.24) is 19.7 Å². The van der Waals surface area contributed by atoms with Gasteiger partial charge in [0.15, 0.2) is 11.5 Å². The summed E-state index contributed by atoms with van der Waals surface area (Å²) in [4.78, 5) is 25.8. The van der Waals surface area contributed by atoms with Gasteiger partial charge in [0.25, 0.3) is 0 Å². The number of amides is 2. The summed E-state index contributed by atoms with van der Waals surface area (Å²) < 4.78 is 55.2. The zero-order chi connectivity index (χ0) is 28.8. The second-order valence-corrected chi connectivity index (χ2v) is 9.30. The number of fused-ring (bicyclic) bond motifs is 1. The van der Waals surface area contributed by atoms with E-state index in [1.54, 1.807) is 36.8 Å². The Hall–Kier alpha value is -5.00. The molecule has 5 rings (SSSR count). The van der Waals surface area contributed by atoms with Crippen molar-refractivity contribution in [3.05, 3.63) is 114 Å². The van der Waals surface area contributed by atoms with Crippen molar-refractivity contribution >= 4 is 29.4 Å². The lowest BCUT2D eigenvalue weighted by molar-refractivity contribution is -0.0898. The molecular weight excluding hydrogens is 538 g/mol.